The van der Waals surface area contributed by atoms with Gasteiger partial charge in [0, 0.05) is 0 Å². The molecule has 0 aliphatic carbocycles. The maximum atomic E-state index is 9.62. The number of carboxylic acids is 1. The van der Waals surface area contributed by atoms with Crippen LogP contribution < -0.4 is 0 Å². The van der Waals surface area contributed by atoms with Gasteiger partial charge in [-0.3, -0.25) is 0 Å². The number of carboxylic acid groups (broad SMARTS) is 1. The van der Waals surface area contributed by atoms with E-state index < -0.39 is 5.97 Å². The van der Waals surface area contributed by atoms with Crippen LogP contribution in [0.3, 0.4) is 0 Å². The van der Waals surface area contributed by atoms with Crippen molar-refractivity contribution >= 4 is 33.9 Å². The standard InChI is InChI=1S/C3H5O2.Na/c1-2-3(4)5;/h1-2H2,(H,4,5);. The van der Waals surface area contributed by atoms with E-state index in [1.807, 2.05) is 0 Å². The van der Waals surface area contributed by atoms with Crippen molar-refractivity contribution in [3.05, 3.63) is 0 Å². The first kappa shape index (κ1) is 6.47. The van der Waals surface area contributed by atoms with E-state index in [4.69, 9.17) is 5.11 Å². The normalized spacial score (nSPS) is 8.33. The number of aliphatic carboxylic acids is 1. The van der Waals surface area contributed by atoms with Crippen LogP contribution in [0.4, 0.5) is 0 Å². The fourth-order valence-corrected chi connectivity index (χ4v) is 0.642. The van der Waals surface area contributed by atoms with Crippen LogP contribution in [0.2, 0.25) is 3.67 Å². The van der Waals surface area contributed by atoms with Gasteiger partial charge in [-0.2, -0.15) is 0 Å². The Bertz CT molecular complexity index is 52.8. The van der Waals surface area contributed by atoms with Gasteiger partial charge in [-0.1, -0.05) is 0 Å². The van der Waals surface area contributed by atoms with Crippen molar-refractivity contribution in [2.24, 2.45) is 0 Å². The van der Waals surface area contributed by atoms with Gasteiger partial charge < -0.3 is 0 Å². The van der Waals surface area contributed by atoms with Crippen LogP contribution in [0.15, 0.2) is 0 Å². The minimum atomic E-state index is -0.676. The molecule has 0 aliphatic rings. The molecular formula is C3H5NaO2. The van der Waals surface area contributed by atoms with E-state index in [1.165, 1.54) is 0 Å². The molecule has 0 fully saturated rings. The predicted molar refractivity (Wildman–Crippen MR) is 22.8 cm³/mol. The van der Waals surface area contributed by atoms with Crippen LogP contribution in [0.1, 0.15) is 6.42 Å². The maximum absolute atomic E-state index is 9.62. The molecule has 0 rings (SSSR count). The first-order valence-corrected chi connectivity index (χ1v) is 3.40. The second-order valence-corrected chi connectivity index (χ2v) is 2.14. The van der Waals surface area contributed by atoms with Crippen molar-refractivity contribution < 1.29 is 9.90 Å². The van der Waals surface area contributed by atoms with Gasteiger partial charge in [-0.15, -0.1) is 0 Å². The third-order valence-electron chi connectivity index (χ3n) is 0.464. The number of hydrogen-bond acceptors (Lipinski definition) is 1. The second-order valence-electron chi connectivity index (χ2n) is 1.14. The molecule has 30 valence electrons. The first-order valence-electron chi connectivity index (χ1n) is 1.99. The summed E-state index contributed by atoms with van der Waals surface area (Å²) in [5.74, 6) is -0.676. The molecule has 1 N–H and O–H groups in total. The third-order valence-corrected chi connectivity index (χ3v) is 0.964. The summed E-state index contributed by atoms with van der Waals surface area (Å²) in [6.45, 7) is 0. The van der Waals surface area contributed by atoms with Crippen molar-refractivity contribution in [2.45, 2.75) is 10.1 Å². The second kappa shape index (κ2) is 3.65. The summed E-state index contributed by atoms with van der Waals surface area (Å²) < 4.78 is 0.870. The average Bonchev–Trinajstić information content (AvgIpc) is 1.35. The molecule has 0 radical (unpaired) electrons. The van der Waals surface area contributed by atoms with E-state index in [2.05, 4.69) is 0 Å². The quantitative estimate of drug-likeness (QED) is 0.493. The molecule has 3 heteroatoms. The monoisotopic (exact) mass is 96.0 g/mol. The Hall–Kier alpha value is 0.470. The van der Waals surface area contributed by atoms with Gasteiger partial charge in [0.15, 0.2) is 0 Å². The molecule has 0 saturated heterocycles. The molecule has 0 heterocycles. The van der Waals surface area contributed by atoms with Crippen molar-refractivity contribution in [2.75, 3.05) is 0 Å². The molecule has 6 heavy (non-hydrogen) atoms. The summed E-state index contributed by atoms with van der Waals surface area (Å²) in [7, 11) is 0. The van der Waals surface area contributed by atoms with Crippen LogP contribution >= 0.6 is 0 Å². The summed E-state index contributed by atoms with van der Waals surface area (Å²) >= 11 is 1.01. The van der Waals surface area contributed by atoms with E-state index in [9.17, 15) is 4.79 Å². The molecule has 0 aromatic heterocycles. The molecular weight excluding hydrogens is 91.0 g/mol. The Balaban J connectivity index is 2.83. The zero-order valence-corrected chi connectivity index (χ0v) is 5.77. The molecule has 0 bridgehead atoms. The van der Waals surface area contributed by atoms with Crippen molar-refractivity contribution in [3.8, 4) is 0 Å². The topological polar surface area (TPSA) is 37.3 Å². The zero-order valence-electron chi connectivity index (χ0n) is 3.77. The minimum absolute atomic E-state index is 0.353. The van der Waals surface area contributed by atoms with Crippen LogP contribution in [0.5, 0.6) is 0 Å². The van der Waals surface area contributed by atoms with Gasteiger partial charge in [-0.25, -0.2) is 0 Å². The molecule has 0 unspecified atom stereocenters. The number of hydrogen-bond donors (Lipinski definition) is 1. The van der Waals surface area contributed by atoms with Crippen molar-refractivity contribution in [3.63, 3.8) is 0 Å². The summed E-state index contributed by atoms with van der Waals surface area (Å²) in [6.07, 6.45) is 0.353. The molecule has 2 nitrogen and oxygen atoms in total. The molecule has 0 saturated carbocycles. The summed E-state index contributed by atoms with van der Waals surface area (Å²) in [6, 6.07) is 0. The molecule has 0 aliphatic heterocycles. The molecule has 0 spiro atoms. The van der Waals surface area contributed by atoms with Gasteiger partial charge in [0.2, 0.25) is 0 Å². The zero-order chi connectivity index (χ0) is 4.99. The Labute approximate surface area is 54.0 Å². The van der Waals surface area contributed by atoms with E-state index in [-0.39, 0.29) is 0 Å². The fraction of sp³-hybridized carbons (Fsp3) is 0.667. The van der Waals surface area contributed by atoms with E-state index in [1.54, 1.807) is 0 Å². The van der Waals surface area contributed by atoms with E-state index in [0.717, 1.165) is 31.6 Å². The van der Waals surface area contributed by atoms with Gasteiger partial charge in [0.25, 0.3) is 0 Å². The van der Waals surface area contributed by atoms with Crippen molar-refractivity contribution in [1.29, 1.82) is 0 Å². The van der Waals surface area contributed by atoms with Gasteiger partial charge in [0.1, 0.15) is 0 Å². The van der Waals surface area contributed by atoms with Crippen LogP contribution in [-0.4, -0.2) is 39.0 Å². The summed E-state index contributed by atoms with van der Waals surface area (Å²) in [4.78, 5) is 9.62. The fourth-order valence-electron chi connectivity index (χ4n) is 0.214. The van der Waals surface area contributed by atoms with E-state index >= 15 is 0 Å². The average molecular weight is 96.1 g/mol. The molecule has 0 amide bonds. The van der Waals surface area contributed by atoms with Gasteiger partial charge >= 0.3 is 53.9 Å². The van der Waals surface area contributed by atoms with Crippen LogP contribution in [0, 0.1) is 0 Å². The molecule has 0 aromatic carbocycles. The Morgan fingerprint density at radius 2 is 2.33 bits per heavy atom. The Morgan fingerprint density at radius 3 is 2.33 bits per heavy atom. The van der Waals surface area contributed by atoms with Crippen molar-refractivity contribution in [1.82, 2.24) is 0 Å². The first-order chi connectivity index (χ1) is 2.77. The predicted octanol–water partition coefficient (Wildman–Crippen LogP) is 0.0479. The van der Waals surface area contributed by atoms with Gasteiger partial charge in [-0.05, 0) is 0 Å². The Morgan fingerprint density at radius 1 is 1.83 bits per heavy atom. The Kier molecular flexibility index (Phi) is 3.94. The SMILES string of the molecule is O=C(O)C[CH2][Na]. The molecule has 0 aromatic rings. The van der Waals surface area contributed by atoms with Crippen LogP contribution in [0.25, 0.3) is 0 Å². The third kappa shape index (κ3) is 4.47. The summed E-state index contributed by atoms with van der Waals surface area (Å²) in [5, 5.41) is 7.94. The van der Waals surface area contributed by atoms with Crippen LogP contribution in [-0.2, 0) is 4.79 Å². The van der Waals surface area contributed by atoms with E-state index in [0.29, 0.717) is 6.42 Å². The van der Waals surface area contributed by atoms with Gasteiger partial charge in [0.05, 0.1) is 0 Å². The summed E-state index contributed by atoms with van der Waals surface area (Å²) in [5.41, 5.74) is 0. The molecule has 0 atom stereocenters. The number of rotatable bonds is 2. The number of carbonyl (C=O) groups is 1.